The number of unbranched alkanes of at least 4 members (excludes halogenated alkanes) is 1. The van der Waals surface area contributed by atoms with Crippen molar-refractivity contribution in [2.75, 3.05) is 6.54 Å². The van der Waals surface area contributed by atoms with E-state index in [1.165, 1.54) is 0 Å². The van der Waals surface area contributed by atoms with Gasteiger partial charge in [-0.1, -0.05) is 0 Å². The summed E-state index contributed by atoms with van der Waals surface area (Å²) in [4.78, 5) is 43.4. The maximum atomic E-state index is 11.7. The minimum Gasteiger partial charge on any atom is -0.481 e. The average Bonchev–Trinajstić information content (AvgIpc) is 2.43. The molecule has 0 radical (unpaired) electrons. The van der Waals surface area contributed by atoms with Crippen LogP contribution in [0.2, 0.25) is 0 Å². The fourth-order valence-corrected chi connectivity index (χ4v) is 1.68. The second-order valence-electron chi connectivity index (χ2n) is 4.61. The molecule has 0 amide bonds. The van der Waals surface area contributed by atoms with Gasteiger partial charge in [-0.25, -0.2) is 0 Å². The first-order valence-corrected chi connectivity index (χ1v) is 6.84. The van der Waals surface area contributed by atoms with Gasteiger partial charge < -0.3 is 25.4 Å². The van der Waals surface area contributed by atoms with Crippen molar-refractivity contribution in [3.05, 3.63) is 0 Å². The van der Waals surface area contributed by atoms with Crippen LogP contribution in [0.15, 0.2) is 0 Å². The van der Waals surface area contributed by atoms with Crippen LogP contribution in [-0.4, -0.2) is 47.4 Å². The van der Waals surface area contributed by atoms with E-state index in [9.17, 15) is 19.2 Å². The summed E-state index contributed by atoms with van der Waals surface area (Å²) < 4.78 is 9.47. The Labute approximate surface area is 127 Å². The smallest absolute Gasteiger partial charge is 0.309 e. The summed E-state index contributed by atoms with van der Waals surface area (Å²) in [5.74, 6) is -4.46. The second-order valence-corrected chi connectivity index (χ2v) is 4.61. The molecule has 126 valence electrons. The Bertz CT molecular complexity index is 384. The minimum absolute atomic E-state index is 0.138. The monoisotopic (exact) mass is 319 g/mol. The number of aliphatic carboxylic acids is 2. The number of hydrogen-bond acceptors (Lipinski definition) is 7. The van der Waals surface area contributed by atoms with Crippen LogP contribution in [0.3, 0.4) is 0 Å². The van der Waals surface area contributed by atoms with Crippen molar-refractivity contribution < 1.29 is 38.9 Å². The van der Waals surface area contributed by atoms with Gasteiger partial charge in [-0.3, -0.25) is 19.2 Å². The molecule has 0 aromatic rings. The quantitative estimate of drug-likeness (QED) is 0.186. The molecular formula is C13H21NO8. The number of carboxylic acids is 2. The SMILES string of the molecule is NCCCC[C@@H](OC=O)OC(=O)C[C@@H](CCC(=O)O)C(=O)O. The van der Waals surface area contributed by atoms with E-state index in [1.54, 1.807) is 0 Å². The van der Waals surface area contributed by atoms with Crippen molar-refractivity contribution in [2.45, 2.75) is 44.8 Å². The van der Waals surface area contributed by atoms with Crippen LogP contribution in [0.1, 0.15) is 38.5 Å². The number of rotatable bonds is 13. The summed E-state index contributed by atoms with van der Waals surface area (Å²) in [5.41, 5.74) is 5.32. The van der Waals surface area contributed by atoms with Crippen LogP contribution in [0.25, 0.3) is 0 Å². The Morgan fingerprint density at radius 2 is 1.82 bits per heavy atom. The molecule has 22 heavy (non-hydrogen) atoms. The van der Waals surface area contributed by atoms with Gasteiger partial charge in [0, 0.05) is 12.8 Å². The van der Waals surface area contributed by atoms with Crippen molar-refractivity contribution in [3.8, 4) is 0 Å². The molecule has 0 aromatic heterocycles. The fraction of sp³-hybridized carbons (Fsp3) is 0.692. The van der Waals surface area contributed by atoms with Gasteiger partial charge >= 0.3 is 17.9 Å². The fourth-order valence-electron chi connectivity index (χ4n) is 1.68. The lowest BCUT2D eigenvalue weighted by molar-refractivity contribution is -0.183. The van der Waals surface area contributed by atoms with Gasteiger partial charge in [0.25, 0.3) is 6.47 Å². The molecule has 0 aliphatic carbocycles. The van der Waals surface area contributed by atoms with E-state index < -0.39 is 36.5 Å². The molecule has 0 unspecified atom stereocenters. The standard InChI is InChI=1S/C13H21NO8/c14-6-2-1-3-12(21-8-15)22-11(18)7-9(13(19)20)4-5-10(16)17/h8-9,12H,1-7,14H2,(H,16,17)(H,19,20)/t9-,12+/m1/s1. The zero-order valence-electron chi connectivity index (χ0n) is 12.1. The Morgan fingerprint density at radius 1 is 1.14 bits per heavy atom. The summed E-state index contributed by atoms with van der Waals surface area (Å²) in [6, 6.07) is 0. The van der Waals surface area contributed by atoms with Gasteiger partial charge in [-0.2, -0.15) is 0 Å². The topological polar surface area (TPSA) is 153 Å². The Morgan fingerprint density at radius 3 is 2.32 bits per heavy atom. The number of carbonyl (C=O) groups is 4. The maximum Gasteiger partial charge on any atom is 0.309 e. The van der Waals surface area contributed by atoms with Gasteiger partial charge in [-0.15, -0.1) is 0 Å². The van der Waals surface area contributed by atoms with Gasteiger partial charge in [0.1, 0.15) is 0 Å². The minimum atomic E-state index is -1.28. The highest BCUT2D eigenvalue weighted by Crippen LogP contribution is 2.15. The number of esters is 1. The molecule has 2 atom stereocenters. The first kappa shape index (κ1) is 19.8. The molecule has 0 aliphatic heterocycles. The lowest BCUT2D eigenvalue weighted by atomic mass is 10.00. The molecule has 0 aliphatic rings. The Balaban J connectivity index is 4.40. The van der Waals surface area contributed by atoms with Crippen LogP contribution in [0.4, 0.5) is 0 Å². The normalized spacial score (nSPS) is 13.0. The summed E-state index contributed by atoms with van der Waals surface area (Å²) in [6.07, 6.45) is -0.644. The van der Waals surface area contributed by atoms with Crippen molar-refractivity contribution >= 4 is 24.4 Å². The lowest BCUT2D eigenvalue weighted by Crippen LogP contribution is -2.25. The predicted molar refractivity (Wildman–Crippen MR) is 72.5 cm³/mol. The zero-order valence-corrected chi connectivity index (χ0v) is 12.1. The van der Waals surface area contributed by atoms with E-state index in [-0.39, 0.29) is 25.7 Å². The number of carbonyl (C=O) groups excluding carboxylic acids is 2. The van der Waals surface area contributed by atoms with E-state index in [0.29, 0.717) is 19.4 Å². The Kier molecular flexibility index (Phi) is 10.4. The third kappa shape index (κ3) is 9.70. The largest absolute Gasteiger partial charge is 0.481 e. The number of nitrogens with two attached hydrogens (primary N) is 1. The van der Waals surface area contributed by atoms with E-state index in [2.05, 4.69) is 4.74 Å². The molecule has 0 aromatic carbocycles. The molecular weight excluding hydrogens is 298 g/mol. The molecule has 9 nitrogen and oxygen atoms in total. The van der Waals surface area contributed by atoms with Gasteiger partial charge in [0.05, 0.1) is 12.3 Å². The second kappa shape index (κ2) is 11.5. The van der Waals surface area contributed by atoms with Crippen LogP contribution in [0, 0.1) is 5.92 Å². The van der Waals surface area contributed by atoms with Crippen molar-refractivity contribution in [2.24, 2.45) is 11.7 Å². The van der Waals surface area contributed by atoms with Gasteiger partial charge in [-0.05, 0) is 25.8 Å². The highest BCUT2D eigenvalue weighted by Gasteiger charge is 2.25. The van der Waals surface area contributed by atoms with Gasteiger partial charge in [0.15, 0.2) is 0 Å². The molecule has 0 saturated heterocycles. The third-order valence-electron chi connectivity index (χ3n) is 2.83. The third-order valence-corrected chi connectivity index (χ3v) is 2.83. The van der Waals surface area contributed by atoms with Crippen molar-refractivity contribution in [1.82, 2.24) is 0 Å². The van der Waals surface area contributed by atoms with E-state index in [1.807, 2.05) is 0 Å². The summed E-state index contributed by atoms with van der Waals surface area (Å²) in [7, 11) is 0. The van der Waals surface area contributed by atoms with E-state index in [4.69, 9.17) is 20.7 Å². The first-order valence-electron chi connectivity index (χ1n) is 6.84. The van der Waals surface area contributed by atoms with Crippen molar-refractivity contribution in [3.63, 3.8) is 0 Å². The molecule has 0 bridgehead atoms. The maximum absolute atomic E-state index is 11.7. The summed E-state index contributed by atoms with van der Waals surface area (Å²) in [5, 5.41) is 17.5. The van der Waals surface area contributed by atoms with Gasteiger partial charge in [0.2, 0.25) is 6.29 Å². The van der Waals surface area contributed by atoms with E-state index in [0.717, 1.165) is 0 Å². The molecule has 0 heterocycles. The first-order chi connectivity index (χ1) is 10.4. The van der Waals surface area contributed by atoms with Crippen molar-refractivity contribution in [1.29, 1.82) is 0 Å². The molecule has 0 fully saturated rings. The lowest BCUT2D eigenvalue weighted by Gasteiger charge is -2.17. The molecule has 0 rings (SSSR count). The molecule has 0 spiro atoms. The molecule has 4 N–H and O–H groups in total. The average molecular weight is 319 g/mol. The van der Waals surface area contributed by atoms with Crippen LogP contribution in [-0.2, 0) is 28.7 Å². The number of ether oxygens (including phenoxy) is 2. The predicted octanol–water partition coefficient (Wildman–Crippen LogP) is 0.113. The summed E-state index contributed by atoms with van der Waals surface area (Å²) >= 11 is 0. The molecule has 0 saturated carbocycles. The van der Waals surface area contributed by atoms with Crippen LogP contribution >= 0.6 is 0 Å². The van der Waals surface area contributed by atoms with E-state index >= 15 is 0 Å². The van der Waals surface area contributed by atoms with Crippen LogP contribution in [0.5, 0.6) is 0 Å². The highest BCUT2D eigenvalue weighted by atomic mass is 16.7. The Hall–Kier alpha value is -2.16. The number of carboxylic acid groups (broad SMARTS) is 2. The zero-order chi connectivity index (χ0) is 17.0. The highest BCUT2D eigenvalue weighted by molar-refractivity contribution is 5.79. The van der Waals surface area contributed by atoms with Crippen LogP contribution < -0.4 is 5.73 Å². The number of hydrogen-bond donors (Lipinski definition) is 3. The summed E-state index contributed by atoms with van der Waals surface area (Å²) in [6.45, 7) is 0.581. The molecule has 9 heteroatoms.